The number of hydrogen-bond donors (Lipinski definition) is 1. The van der Waals surface area contributed by atoms with Gasteiger partial charge in [-0.3, -0.25) is 14.9 Å². The van der Waals surface area contributed by atoms with Crippen LogP contribution in [0.1, 0.15) is 43.5 Å². The molecule has 0 spiro atoms. The van der Waals surface area contributed by atoms with Crippen LogP contribution in [0, 0.1) is 12.3 Å². The maximum atomic E-state index is 14.4. The van der Waals surface area contributed by atoms with Crippen molar-refractivity contribution < 1.29 is 27.5 Å². The van der Waals surface area contributed by atoms with Gasteiger partial charge in [0.1, 0.15) is 12.6 Å². The molecule has 1 N–H and O–H groups in total. The largest absolute Gasteiger partial charge is 0.468 e. The summed E-state index contributed by atoms with van der Waals surface area (Å²) in [6.07, 6.45) is 2.23. The molecule has 44 heavy (non-hydrogen) atoms. The van der Waals surface area contributed by atoms with Crippen molar-refractivity contribution in [2.75, 3.05) is 20.3 Å². The molecule has 4 rings (SSSR count). The fourth-order valence-corrected chi connectivity index (χ4v) is 7.65. The van der Waals surface area contributed by atoms with E-state index in [1.54, 1.807) is 55.5 Å². The summed E-state index contributed by atoms with van der Waals surface area (Å²) < 4.78 is 40.9. The van der Waals surface area contributed by atoms with Gasteiger partial charge in [0.2, 0.25) is 10.0 Å². The van der Waals surface area contributed by atoms with Gasteiger partial charge in [0.15, 0.2) is 0 Å². The Morgan fingerprint density at radius 3 is 2.23 bits per heavy atom. The molecule has 1 aliphatic heterocycles. The molecule has 0 saturated heterocycles. The van der Waals surface area contributed by atoms with Crippen LogP contribution in [0.2, 0.25) is 5.02 Å². The fraction of sp³-hybridized carbons (Fsp3) is 0.353. The number of esters is 2. The molecule has 3 atom stereocenters. The molecule has 0 unspecified atom stereocenters. The quantitative estimate of drug-likeness (QED) is 0.214. The molecule has 10 heteroatoms. The zero-order valence-electron chi connectivity index (χ0n) is 25.6. The average Bonchev–Trinajstić information content (AvgIpc) is 3.40. The number of carbonyl (C=O) groups is 2. The second-order valence-corrected chi connectivity index (χ2v) is 14.2. The lowest BCUT2D eigenvalue weighted by Crippen LogP contribution is -2.45. The van der Waals surface area contributed by atoms with E-state index in [1.165, 1.54) is 11.4 Å². The minimum Gasteiger partial charge on any atom is -0.468 e. The summed E-state index contributed by atoms with van der Waals surface area (Å²) in [7, 11) is -2.70. The van der Waals surface area contributed by atoms with Crippen LogP contribution < -0.4 is 5.32 Å². The number of aryl methyl sites for hydroxylation is 1. The predicted molar refractivity (Wildman–Crippen MR) is 171 cm³/mol. The van der Waals surface area contributed by atoms with E-state index in [4.69, 9.17) is 21.1 Å². The highest BCUT2D eigenvalue weighted by Gasteiger charge is 2.48. The Balaban J connectivity index is 1.60. The zero-order valence-corrected chi connectivity index (χ0v) is 27.2. The third-order valence-electron chi connectivity index (χ3n) is 7.63. The van der Waals surface area contributed by atoms with Crippen molar-refractivity contribution in [1.82, 2.24) is 9.62 Å². The first-order chi connectivity index (χ1) is 20.8. The molecular formula is C34H39ClN2O6S. The monoisotopic (exact) mass is 638 g/mol. The van der Waals surface area contributed by atoms with E-state index < -0.39 is 45.5 Å². The molecular weight excluding hydrogens is 600 g/mol. The maximum Gasteiger partial charge on any atom is 0.323 e. The molecule has 0 aliphatic carbocycles. The first kappa shape index (κ1) is 33.4. The molecule has 0 saturated carbocycles. The number of nitrogens with zero attached hydrogens (tertiary/aromatic N) is 1. The van der Waals surface area contributed by atoms with Crippen molar-refractivity contribution in [2.45, 2.75) is 57.1 Å². The average molecular weight is 639 g/mol. The molecule has 8 nitrogen and oxygen atoms in total. The molecule has 1 aliphatic rings. The van der Waals surface area contributed by atoms with Gasteiger partial charge < -0.3 is 9.47 Å². The van der Waals surface area contributed by atoms with Crippen LogP contribution >= 0.6 is 11.6 Å². The first-order valence-electron chi connectivity index (χ1n) is 14.4. The van der Waals surface area contributed by atoms with Gasteiger partial charge in [0, 0.05) is 11.1 Å². The lowest BCUT2D eigenvalue weighted by Gasteiger charge is -2.37. The summed E-state index contributed by atoms with van der Waals surface area (Å²) in [6.45, 7) is 7.33. The Morgan fingerprint density at radius 2 is 1.61 bits per heavy atom. The predicted octanol–water partition coefficient (Wildman–Crippen LogP) is 5.65. The molecule has 3 aromatic rings. The van der Waals surface area contributed by atoms with E-state index in [0.29, 0.717) is 28.1 Å². The first-order valence-corrected chi connectivity index (χ1v) is 16.2. The summed E-state index contributed by atoms with van der Waals surface area (Å²) >= 11 is 6.19. The van der Waals surface area contributed by atoms with Crippen LogP contribution in [0.25, 0.3) is 0 Å². The van der Waals surface area contributed by atoms with Crippen LogP contribution in [0.5, 0.6) is 0 Å². The molecule has 1 heterocycles. The van der Waals surface area contributed by atoms with Gasteiger partial charge in [0.05, 0.1) is 24.6 Å². The Kier molecular flexibility index (Phi) is 10.7. The Labute approximate surface area is 265 Å². The molecule has 0 aromatic heterocycles. The molecule has 234 valence electrons. The smallest absolute Gasteiger partial charge is 0.323 e. The van der Waals surface area contributed by atoms with E-state index in [1.807, 2.05) is 57.2 Å². The SMILES string of the molecule is COC(=O)[C@H](Cc1ccccc1)NCC(=O)OCC1=C[C@@H](C(C)(C)C)N(S(=O)(=O)c2ccccc2C)[C@H]1c1ccc(Cl)cc1. The summed E-state index contributed by atoms with van der Waals surface area (Å²) in [5, 5.41) is 3.47. The normalized spacial score (nSPS) is 18.0. The number of methoxy groups -OCH3 is 1. The zero-order chi connectivity index (χ0) is 32.1. The topological polar surface area (TPSA) is 102 Å². The fourth-order valence-electron chi connectivity index (χ4n) is 5.36. The Morgan fingerprint density at radius 1 is 0.977 bits per heavy atom. The van der Waals surface area contributed by atoms with Gasteiger partial charge in [-0.2, -0.15) is 4.31 Å². The lowest BCUT2D eigenvalue weighted by atomic mass is 9.87. The highest BCUT2D eigenvalue weighted by molar-refractivity contribution is 7.89. The van der Waals surface area contributed by atoms with E-state index in [2.05, 4.69) is 5.32 Å². The number of benzene rings is 3. The van der Waals surface area contributed by atoms with Crippen LogP contribution in [-0.2, 0) is 35.5 Å². The third kappa shape index (κ3) is 7.77. The van der Waals surface area contributed by atoms with Gasteiger partial charge >= 0.3 is 11.9 Å². The molecule has 0 fully saturated rings. The van der Waals surface area contributed by atoms with Crippen molar-refractivity contribution in [2.24, 2.45) is 5.41 Å². The third-order valence-corrected chi connectivity index (χ3v) is 9.89. The molecule has 3 aromatic carbocycles. The van der Waals surface area contributed by atoms with Gasteiger partial charge in [0.25, 0.3) is 0 Å². The van der Waals surface area contributed by atoms with E-state index in [9.17, 15) is 18.0 Å². The summed E-state index contributed by atoms with van der Waals surface area (Å²) in [6, 6.07) is 21.3. The standard InChI is InChI=1S/C34H39ClN2O6S/c1-23-11-9-10-14-29(23)44(40,41)37-30(34(2,3)4)20-26(32(37)25-15-17-27(35)18-16-25)22-43-31(38)21-36-28(33(39)42-5)19-24-12-7-6-8-13-24/h6-18,20,28,30,32,36H,19,21-22H2,1-5H3/t28-,30-,32-/m0/s1. The van der Waals surface area contributed by atoms with Crippen LogP contribution in [-0.4, -0.2) is 57.0 Å². The number of nitrogens with one attached hydrogen (secondary N) is 1. The van der Waals surface area contributed by atoms with Gasteiger partial charge in [-0.15, -0.1) is 0 Å². The van der Waals surface area contributed by atoms with E-state index in [-0.39, 0.29) is 18.0 Å². The van der Waals surface area contributed by atoms with Gasteiger partial charge in [-0.05, 0) is 59.2 Å². The van der Waals surface area contributed by atoms with Crippen molar-refractivity contribution in [3.05, 3.63) is 112 Å². The lowest BCUT2D eigenvalue weighted by molar-refractivity contribution is -0.144. The number of sulfonamides is 1. The number of ether oxygens (including phenoxy) is 2. The number of rotatable bonds is 11. The minimum absolute atomic E-state index is 0.137. The van der Waals surface area contributed by atoms with Crippen molar-refractivity contribution in [1.29, 1.82) is 0 Å². The highest BCUT2D eigenvalue weighted by Crippen LogP contribution is 2.46. The van der Waals surface area contributed by atoms with Crippen molar-refractivity contribution >= 4 is 33.6 Å². The van der Waals surface area contributed by atoms with Crippen LogP contribution in [0.15, 0.2) is 95.4 Å². The van der Waals surface area contributed by atoms with Crippen LogP contribution in [0.4, 0.5) is 0 Å². The van der Waals surface area contributed by atoms with Gasteiger partial charge in [-0.1, -0.05) is 99.1 Å². The second-order valence-electron chi connectivity index (χ2n) is 11.9. The van der Waals surface area contributed by atoms with Gasteiger partial charge in [-0.25, -0.2) is 8.42 Å². The maximum absolute atomic E-state index is 14.4. The summed E-state index contributed by atoms with van der Waals surface area (Å²) in [5.74, 6) is -1.08. The highest BCUT2D eigenvalue weighted by atomic mass is 35.5. The minimum atomic E-state index is -4.00. The molecule has 0 amide bonds. The molecule has 0 radical (unpaired) electrons. The van der Waals surface area contributed by atoms with Crippen LogP contribution in [0.3, 0.4) is 0 Å². The molecule has 0 bridgehead atoms. The van der Waals surface area contributed by atoms with Crippen molar-refractivity contribution in [3.8, 4) is 0 Å². The Hall–Kier alpha value is -3.50. The summed E-state index contributed by atoms with van der Waals surface area (Å²) in [4.78, 5) is 25.6. The van der Waals surface area contributed by atoms with E-state index >= 15 is 0 Å². The number of halogens is 1. The second kappa shape index (κ2) is 14.1. The number of hydrogen-bond acceptors (Lipinski definition) is 7. The number of carbonyl (C=O) groups excluding carboxylic acids is 2. The van der Waals surface area contributed by atoms with Crippen molar-refractivity contribution in [3.63, 3.8) is 0 Å². The summed E-state index contributed by atoms with van der Waals surface area (Å²) in [5.41, 5.74) is 2.39. The Bertz CT molecular complexity index is 1600. The van der Waals surface area contributed by atoms with E-state index in [0.717, 1.165) is 5.56 Å².